The second-order valence-electron chi connectivity index (χ2n) is 10.5. The number of aromatic nitrogens is 2. The first kappa shape index (κ1) is 27.3. The predicted molar refractivity (Wildman–Crippen MR) is 157 cm³/mol. The van der Waals surface area contributed by atoms with Crippen LogP contribution in [0.3, 0.4) is 0 Å². The zero-order valence-electron chi connectivity index (χ0n) is 22.9. The van der Waals surface area contributed by atoms with Crippen LogP contribution in [0.5, 0.6) is 5.75 Å². The molecule has 2 atom stereocenters. The summed E-state index contributed by atoms with van der Waals surface area (Å²) in [4.78, 5) is 4.65. The Hall–Kier alpha value is -4.26. The van der Waals surface area contributed by atoms with E-state index in [0.29, 0.717) is 24.7 Å². The van der Waals surface area contributed by atoms with Gasteiger partial charge in [0.15, 0.2) is 0 Å². The second-order valence-corrected chi connectivity index (χ2v) is 10.5. The maximum absolute atomic E-state index is 10.7. The van der Waals surface area contributed by atoms with Crippen LogP contribution >= 0.6 is 0 Å². The molecule has 0 saturated carbocycles. The van der Waals surface area contributed by atoms with Crippen LogP contribution in [0.1, 0.15) is 42.5 Å². The lowest BCUT2D eigenvalue weighted by Gasteiger charge is -2.26. The average Bonchev–Trinajstić information content (AvgIpc) is 3.50. The topological polar surface area (TPSA) is 80.4 Å². The van der Waals surface area contributed by atoms with E-state index >= 15 is 0 Å². The van der Waals surface area contributed by atoms with E-state index in [0.717, 1.165) is 16.9 Å². The minimum absolute atomic E-state index is 0.119. The highest BCUT2D eigenvalue weighted by atomic mass is 16.5. The molecule has 6 nitrogen and oxygen atoms in total. The largest absolute Gasteiger partial charge is 0.491 e. The summed E-state index contributed by atoms with van der Waals surface area (Å²) in [6, 6.07) is 38.1. The molecule has 1 heterocycles. The molecule has 0 spiro atoms. The lowest BCUT2D eigenvalue weighted by Crippen LogP contribution is -2.35. The third kappa shape index (κ3) is 6.84. The van der Waals surface area contributed by atoms with Gasteiger partial charge in [0.25, 0.3) is 0 Å². The second kappa shape index (κ2) is 12.7. The van der Waals surface area contributed by atoms with E-state index in [9.17, 15) is 5.11 Å². The number of rotatable bonds is 12. The molecule has 0 fully saturated rings. The SMILES string of the molecule is CC(C)(c1ccccc1)c1ccc(OC[C@H](O)CN[C@H](Cc2ccccc2)c2nc(-c3ccccc3)no2)cc1. The number of aliphatic hydroxyl groups excluding tert-OH is 1. The van der Waals surface area contributed by atoms with Gasteiger partial charge in [-0.2, -0.15) is 4.98 Å². The summed E-state index contributed by atoms with van der Waals surface area (Å²) >= 11 is 0. The van der Waals surface area contributed by atoms with Crippen LogP contribution < -0.4 is 10.1 Å². The summed E-state index contributed by atoms with van der Waals surface area (Å²) in [5.74, 6) is 1.74. The minimum Gasteiger partial charge on any atom is -0.491 e. The molecule has 2 N–H and O–H groups in total. The van der Waals surface area contributed by atoms with Crippen molar-refractivity contribution < 1.29 is 14.4 Å². The molecule has 0 unspecified atom stereocenters. The Bertz CT molecular complexity index is 1450. The fraction of sp³-hybridized carbons (Fsp3) is 0.235. The van der Waals surface area contributed by atoms with Gasteiger partial charge in [0.1, 0.15) is 18.5 Å². The molecule has 0 saturated heterocycles. The quantitative estimate of drug-likeness (QED) is 0.194. The Morgan fingerprint density at radius 1 is 0.800 bits per heavy atom. The number of ether oxygens (including phenoxy) is 1. The first-order chi connectivity index (χ1) is 19.5. The third-order valence-electron chi connectivity index (χ3n) is 7.17. The van der Waals surface area contributed by atoms with E-state index < -0.39 is 6.10 Å². The number of hydrogen-bond donors (Lipinski definition) is 2. The van der Waals surface area contributed by atoms with Gasteiger partial charge in [-0.15, -0.1) is 0 Å². The smallest absolute Gasteiger partial charge is 0.244 e. The molecule has 0 aliphatic rings. The first-order valence-corrected chi connectivity index (χ1v) is 13.6. The van der Waals surface area contributed by atoms with Crippen molar-refractivity contribution >= 4 is 0 Å². The summed E-state index contributed by atoms with van der Waals surface area (Å²) in [7, 11) is 0. The maximum Gasteiger partial charge on any atom is 0.244 e. The molecule has 0 radical (unpaired) electrons. The van der Waals surface area contributed by atoms with Gasteiger partial charge in [-0.25, -0.2) is 0 Å². The molecular weight excluding hydrogens is 498 g/mol. The summed E-state index contributed by atoms with van der Waals surface area (Å²) in [5, 5.41) is 18.3. The van der Waals surface area contributed by atoms with Crippen molar-refractivity contribution in [3.8, 4) is 17.1 Å². The van der Waals surface area contributed by atoms with Gasteiger partial charge in [0.05, 0.1) is 6.04 Å². The first-order valence-electron chi connectivity index (χ1n) is 13.6. The van der Waals surface area contributed by atoms with Gasteiger partial charge in [0, 0.05) is 17.5 Å². The molecule has 5 rings (SSSR count). The van der Waals surface area contributed by atoms with Crippen LogP contribution in [0.2, 0.25) is 0 Å². The Kier molecular flexibility index (Phi) is 8.69. The van der Waals surface area contributed by atoms with E-state index in [1.165, 1.54) is 11.1 Å². The van der Waals surface area contributed by atoms with E-state index in [-0.39, 0.29) is 18.1 Å². The van der Waals surface area contributed by atoms with Crippen LogP contribution in [-0.4, -0.2) is 34.5 Å². The molecule has 40 heavy (non-hydrogen) atoms. The van der Waals surface area contributed by atoms with Gasteiger partial charge < -0.3 is 19.7 Å². The van der Waals surface area contributed by atoms with Gasteiger partial charge in [0.2, 0.25) is 11.7 Å². The van der Waals surface area contributed by atoms with E-state index in [1.54, 1.807) is 0 Å². The highest BCUT2D eigenvalue weighted by Gasteiger charge is 2.23. The summed E-state index contributed by atoms with van der Waals surface area (Å²) in [6.07, 6.45) is -0.0843. The van der Waals surface area contributed by atoms with Crippen molar-refractivity contribution in [1.82, 2.24) is 15.5 Å². The number of nitrogens with one attached hydrogen (secondary N) is 1. The van der Waals surface area contributed by atoms with E-state index in [4.69, 9.17) is 9.26 Å². The zero-order valence-corrected chi connectivity index (χ0v) is 22.9. The molecule has 204 valence electrons. The van der Waals surface area contributed by atoms with Crippen LogP contribution in [0.25, 0.3) is 11.4 Å². The maximum atomic E-state index is 10.7. The Morgan fingerprint density at radius 3 is 2.08 bits per heavy atom. The summed E-state index contributed by atoms with van der Waals surface area (Å²) in [5.41, 5.74) is 4.36. The Balaban J connectivity index is 1.20. The molecule has 0 aliphatic carbocycles. The van der Waals surface area contributed by atoms with Crippen molar-refractivity contribution in [2.45, 2.75) is 37.8 Å². The molecule has 1 aromatic heterocycles. The fourth-order valence-electron chi connectivity index (χ4n) is 4.70. The number of hydrogen-bond acceptors (Lipinski definition) is 6. The van der Waals surface area contributed by atoms with Crippen LogP contribution in [0, 0.1) is 0 Å². The lowest BCUT2D eigenvalue weighted by molar-refractivity contribution is 0.102. The number of benzene rings is 4. The molecular formula is C34H35N3O3. The zero-order chi connectivity index (χ0) is 27.8. The van der Waals surface area contributed by atoms with Gasteiger partial charge >= 0.3 is 0 Å². The average molecular weight is 534 g/mol. The van der Waals surface area contributed by atoms with Crippen molar-refractivity contribution in [1.29, 1.82) is 0 Å². The number of nitrogens with zero attached hydrogens (tertiary/aromatic N) is 2. The van der Waals surface area contributed by atoms with E-state index in [2.05, 4.69) is 77.8 Å². The Morgan fingerprint density at radius 2 is 1.40 bits per heavy atom. The predicted octanol–water partition coefficient (Wildman–Crippen LogP) is 6.38. The van der Waals surface area contributed by atoms with Crippen molar-refractivity contribution in [3.05, 3.63) is 138 Å². The van der Waals surface area contributed by atoms with Crippen molar-refractivity contribution in [2.24, 2.45) is 0 Å². The monoisotopic (exact) mass is 533 g/mol. The molecule has 0 amide bonds. The highest BCUT2D eigenvalue weighted by molar-refractivity contribution is 5.53. The fourth-order valence-corrected chi connectivity index (χ4v) is 4.70. The standard InChI is InChI=1S/C34H35N3O3/c1-34(2,27-16-10-5-11-17-27)28-18-20-30(21-19-28)39-24-29(38)23-35-31(22-25-12-6-3-7-13-25)33-36-32(37-40-33)26-14-8-4-9-15-26/h3-21,29,31,35,38H,22-24H2,1-2H3/t29-,31-/m1/s1. The van der Waals surface area contributed by atoms with E-state index in [1.807, 2.05) is 66.7 Å². The van der Waals surface area contributed by atoms with Crippen LogP contribution in [0.15, 0.2) is 120 Å². The molecule has 6 heteroatoms. The van der Waals surface area contributed by atoms with Gasteiger partial charge in [-0.05, 0) is 35.2 Å². The lowest BCUT2D eigenvalue weighted by atomic mass is 9.78. The van der Waals surface area contributed by atoms with Crippen molar-refractivity contribution in [2.75, 3.05) is 13.2 Å². The highest BCUT2D eigenvalue weighted by Crippen LogP contribution is 2.32. The van der Waals surface area contributed by atoms with Gasteiger partial charge in [-0.1, -0.05) is 122 Å². The van der Waals surface area contributed by atoms with Crippen LogP contribution in [-0.2, 0) is 11.8 Å². The number of aliphatic hydroxyl groups is 1. The molecule has 4 aromatic carbocycles. The van der Waals surface area contributed by atoms with Gasteiger partial charge in [-0.3, -0.25) is 0 Å². The molecule has 0 aliphatic heterocycles. The van der Waals surface area contributed by atoms with Crippen LogP contribution in [0.4, 0.5) is 0 Å². The molecule has 5 aromatic rings. The third-order valence-corrected chi connectivity index (χ3v) is 7.17. The summed E-state index contributed by atoms with van der Waals surface area (Å²) < 4.78 is 11.6. The Labute approximate surface area is 235 Å². The van der Waals surface area contributed by atoms with Crippen molar-refractivity contribution in [3.63, 3.8) is 0 Å². The summed E-state index contributed by atoms with van der Waals surface area (Å²) in [6.45, 7) is 4.89. The minimum atomic E-state index is -0.727. The normalized spacial score (nSPS) is 13.1. The molecule has 0 bridgehead atoms.